The Hall–Kier alpha value is -2.55. The van der Waals surface area contributed by atoms with E-state index in [1.54, 1.807) is 18.2 Å². The van der Waals surface area contributed by atoms with Gasteiger partial charge in [0.1, 0.15) is 11.6 Å². The highest BCUT2D eigenvalue weighted by Gasteiger charge is 2.08. The van der Waals surface area contributed by atoms with Crippen LogP contribution >= 0.6 is 0 Å². The van der Waals surface area contributed by atoms with Gasteiger partial charge in [-0.15, -0.1) is 0 Å². The molecule has 1 aromatic heterocycles. The highest BCUT2D eigenvalue weighted by Crippen LogP contribution is 2.32. The van der Waals surface area contributed by atoms with Crippen LogP contribution in [0.2, 0.25) is 0 Å². The van der Waals surface area contributed by atoms with Crippen LogP contribution in [0.4, 0.5) is 4.39 Å². The molecule has 0 amide bonds. The molecule has 0 unspecified atom stereocenters. The molecule has 4 aromatic rings. The van der Waals surface area contributed by atoms with Crippen molar-refractivity contribution in [2.75, 3.05) is 0 Å². The van der Waals surface area contributed by atoms with Gasteiger partial charge in [0.15, 0.2) is 0 Å². The highest BCUT2D eigenvalue weighted by atomic mass is 19.1. The molecule has 3 heteroatoms. The smallest absolute Gasteiger partial charge is 0.123 e. The molecule has 92 valence electrons. The van der Waals surface area contributed by atoms with Crippen molar-refractivity contribution in [3.05, 3.63) is 54.3 Å². The first-order valence-corrected chi connectivity index (χ1v) is 6.05. The number of H-pyrrole nitrogens is 1. The van der Waals surface area contributed by atoms with E-state index in [2.05, 4.69) is 4.98 Å². The minimum Gasteiger partial charge on any atom is -0.508 e. The summed E-state index contributed by atoms with van der Waals surface area (Å²) in [6, 6.07) is 13.9. The summed E-state index contributed by atoms with van der Waals surface area (Å²) < 4.78 is 13.4. The molecule has 0 atom stereocenters. The summed E-state index contributed by atoms with van der Waals surface area (Å²) >= 11 is 0. The lowest BCUT2D eigenvalue weighted by molar-refractivity contribution is 0.476. The predicted molar refractivity (Wildman–Crippen MR) is 74.9 cm³/mol. The fourth-order valence-electron chi connectivity index (χ4n) is 2.65. The number of nitrogens with one attached hydrogen (secondary N) is 1. The van der Waals surface area contributed by atoms with Crippen LogP contribution in [0.1, 0.15) is 0 Å². The lowest BCUT2D eigenvalue weighted by Gasteiger charge is -2.00. The largest absolute Gasteiger partial charge is 0.508 e. The highest BCUT2D eigenvalue weighted by molar-refractivity contribution is 6.17. The predicted octanol–water partition coefficient (Wildman–Crippen LogP) is 4.32. The number of phenolic OH excluding ortho intramolecular Hbond substituents is 1. The number of phenols is 1. The van der Waals surface area contributed by atoms with Gasteiger partial charge in [-0.2, -0.15) is 0 Å². The second-order valence-corrected chi connectivity index (χ2v) is 4.71. The van der Waals surface area contributed by atoms with Gasteiger partial charge in [0, 0.05) is 21.7 Å². The molecule has 19 heavy (non-hydrogen) atoms. The Bertz CT molecular complexity index is 940. The molecule has 3 aromatic carbocycles. The van der Waals surface area contributed by atoms with Gasteiger partial charge in [0.2, 0.25) is 0 Å². The fraction of sp³-hybridized carbons (Fsp3) is 0. The van der Waals surface area contributed by atoms with E-state index in [0.717, 1.165) is 32.6 Å². The molecule has 0 aliphatic rings. The number of fused-ring (bicyclic) bond motifs is 5. The van der Waals surface area contributed by atoms with Crippen LogP contribution in [0, 0.1) is 5.82 Å². The van der Waals surface area contributed by atoms with Crippen LogP contribution in [0.15, 0.2) is 48.5 Å². The molecule has 0 spiro atoms. The Kier molecular flexibility index (Phi) is 1.90. The van der Waals surface area contributed by atoms with Gasteiger partial charge in [0.05, 0.1) is 5.52 Å². The van der Waals surface area contributed by atoms with Crippen molar-refractivity contribution in [1.29, 1.82) is 0 Å². The topological polar surface area (TPSA) is 36.0 Å². The summed E-state index contributed by atoms with van der Waals surface area (Å²) in [6.07, 6.45) is 0. The molecule has 2 N–H and O–H groups in total. The molecule has 0 radical (unpaired) electrons. The molecule has 0 saturated carbocycles. The van der Waals surface area contributed by atoms with Gasteiger partial charge < -0.3 is 10.1 Å². The Morgan fingerprint density at radius 3 is 2.58 bits per heavy atom. The fourth-order valence-corrected chi connectivity index (χ4v) is 2.65. The summed E-state index contributed by atoms with van der Waals surface area (Å²) in [5.41, 5.74) is 1.82. The Balaban J connectivity index is 2.27. The van der Waals surface area contributed by atoms with E-state index in [4.69, 9.17) is 0 Å². The Morgan fingerprint density at radius 1 is 0.842 bits per heavy atom. The number of aromatic hydroxyl groups is 1. The second kappa shape index (κ2) is 3.48. The number of hydrogen-bond donors (Lipinski definition) is 2. The standard InChI is InChI=1S/C16H10FNO/c17-10-3-6-15-14(7-10)12-5-2-9-1-4-11(19)8-13(9)16(12)18-15/h1-8,18-19H. The van der Waals surface area contributed by atoms with Crippen LogP contribution in [0.25, 0.3) is 32.6 Å². The maximum Gasteiger partial charge on any atom is 0.123 e. The molecular weight excluding hydrogens is 241 g/mol. The SMILES string of the molecule is Oc1ccc2ccc3c4cc(F)ccc4[nH]c3c2c1. The number of aromatic amines is 1. The van der Waals surface area contributed by atoms with E-state index in [-0.39, 0.29) is 11.6 Å². The van der Waals surface area contributed by atoms with Crippen LogP contribution in [0.5, 0.6) is 5.75 Å². The quantitative estimate of drug-likeness (QED) is 0.479. The number of hydrogen-bond acceptors (Lipinski definition) is 1. The van der Waals surface area contributed by atoms with Gasteiger partial charge in [0.25, 0.3) is 0 Å². The van der Waals surface area contributed by atoms with Crippen LogP contribution in [-0.2, 0) is 0 Å². The zero-order valence-electron chi connectivity index (χ0n) is 9.94. The first-order chi connectivity index (χ1) is 9.22. The molecule has 4 rings (SSSR count). The van der Waals surface area contributed by atoms with Crippen molar-refractivity contribution in [1.82, 2.24) is 4.98 Å². The molecular formula is C16H10FNO. The van der Waals surface area contributed by atoms with Gasteiger partial charge in [-0.05, 0) is 35.7 Å². The van der Waals surface area contributed by atoms with Gasteiger partial charge >= 0.3 is 0 Å². The summed E-state index contributed by atoms with van der Waals surface area (Å²) in [5.74, 6) is -0.0192. The number of benzene rings is 3. The van der Waals surface area contributed by atoms with E-state index in [1.807, 2.05) is 18.2 Å². The van der Waals surface area contributed by atoms with Gasteiger partial charge in [-0.3, -0.25) is 0 Å². The molecule has 2 nitrogen and oxygen atoms in total. The summed E-state index contributed by atoms with van der Waals surface area (Å²) in [6.45, 7) is 0. The zero-order valence-corrected chi connectivity index (χ0v) is 9.94. The van der Waals surface area contributed by atoms with Crippen LogP contribution in [-0.4, -0.2) is 10.1 Å². The van der Waals surface area contributed by atoms with Crippen LogP contribution in [0.3, 0.4) is 0 Å². The summed E-state index contributed by atoms with van der Waals surface area (Å²) in [4.78, 5) is 3.30. The van der Waals surface area contributed by atoms with Crippen LogP contribution < -0.4 is 0 Å². The van der Waals surface area contributed by atoms with E-state index in [0.29, 0.717) is 0 Å². The van der Waals surface area contributed by atoms with E-state index in [9.17, 15) is 9.50 Å². The van der Waals surface area contributed by atoms with Gasteiger partial charge in [-0.25, -0.2) is 4.39 Å². The minimum absolute atomic E-state index is 0.227. The number of halogens is 1. The molecule has 0 bridgehead atoms. The second-order valence-electron chi connectivity index (χ2n) is 4.71. The zero-order chi connectivity index (χ0) is 13.0. The van der Waals surface area contributed by atoms with Crippen molar-refractivity contribution in [2.45, 2.75) is 0 Å². The average Bonchev–Trinajstić information content (AvgIpc) is 2.77. The third kappa shape index (κ3) is 1.41. The van der Waals surface area contributed by atoms with E-state index >= 15 is 0 Å². The maximum atomic E-state index is 13.4. The van der Waals surface area contributed by atoms with Gasteiger partial charge in [-0.1, -0.05) is 18.2 Å². The molecule has 0 aliphatic carbocycles. The summed E-state index contributed by atoms with van der Waals surface area (Å²) in [5, 5.41) is 13.4. The van der Waals surface area contributed by atoms with E-state index < -0.39 is 0 Å². The lowest BCUT2D eigenvalue weighted by Crippen LogP contribution is -1.75. The third-order valence-electron chi connectivity index (χ3n) is 3.54. The number of rotatable bonds is 0. The first kappa shape index (κ1) is 10.4. The monoisotopic (exact) mass is 251 g/mol. The van der Waals surface area contributed by atoms with E-state index in [1.165, 1.54) is 12.1 Å². The normalized spacial score (nSPS) is 11.6. The average molecular weight is 251 g/mol. The van der Waals surface area contributed by atoms with Crippen molar-refractivity contribution in [2.24, 2.45) is 0 Å². The minimum atomic E-state index is -0.246. The number of aromatic nitrogens is 1. The molecule has 1 heterocycles. The summed E-state index contributed by atoms with van der Waals surface area (Å²) in [7, 11) is 0. The molecule has 0 aliphatic heterocycles. The van der Waals surface area contributed by atoms with Crippen molar-refractivity contribution in [3.63, 3.8) is 0 Å². The lowest BCUT2D eigenvalue weighted by atomic mass is 10.1. The van der Waals surface area contributed by atoms with Crippen molar-refractivity contribution < 1.29 is 9.50 Å². The third-order valence-corrected chi connectivity index (χ3v) is 3.54. The molecule has 0 fully saturated rings. The van der Waals surface area contributed by atoms with Crippen molar-refractivity contribution in [3.8, 4) is 5.75 Å². The van der Waals surface area contributed by atoms with Crippen molar-refractivity contribution >= 4 is 32.6 Å². The maximum absolute atomic E-state index is 13.4. The Labute approximate surface area is 108 Å². The molecule has 0 saturated heterocycles. The first-order valence-electron chi connectivity index (χ1n) is 6.05. The Morgan fingerprint density at radius 2 is 1.68 bits per heavy atom.